The van der Waals surface area contributed by atoms with E-state index in [9.17, 15) is 15.0 Å². The van der Waals surface area contributed by atoms with Gasteiger partial charge in [0.25, 0.3) is 0 Å². The van der Waals surface area contributed by atoms with Gasteiger partial charge in [-0.15, -0.1) is 0 Å². The molecule has 22 heavy (non-hydrogen) atoms. The predicted molar refractivity (Wildman–Crippen MR) is 87.0 cm³/mol. The van der Waals surface area contributed by atoms with Crippen molar-refractivity contribution in [3.05, 3.63) is 47.0 Å². The first kappa shape index (κ1) is 15.0. The molecule has 2 aromatic rings. The Morgan fingerprint density at radius 2 is 1.95 bits per heavy atom. The van der Waals surface area contributed by atoms with Crippen LogP contribution in [0.15, 0.2) is 40.1 Å². The summed E-state index contributed by atoms with van der Waals surface area (Å²) in [5.74, 6) is 0.386. The maximum atomic E-state index is 12.1. The van der Waals surface area contributed by atoms with Crippen molar-refractivity contribution in [3.63, 3.8) is 0 Å². The molecule has 1 aliphatic heterocycles. The largest absolute Gasteiger partial charge is 0.508 e. The summed E-state index contributed by atoms with van der Waals surface area (Å²) in [6.07, 6.45) is 2.90. The molecule has 2 N–H and O–H groups in total. The van der Waals surface area contributed by atoms with Crippen molar-refractivity contribution in [1.82, 2.24) is 0 Å². The Bertz CT molecular complexity index is 737. The van der Waals surface area contributed by atoms with E-state index in [-0.39, 0.29) is 17.3 Å². The molecule has 0 aromatic heterocycles. The average Bonchev–Trinajstić information content (AvgIpc) is 2.65. The monoisotopic (exact) mass is 314 g/mol. The second-order valence-electron chi connectivity index (χ2n) is 5.54. The van der Waals surface area contributed by atoms with E-state index in [4.69, 9.17) is 0 Å². The van der Waals surface area contributed by atoms with Crippen LogP contribution in [-0.2, 0) is 12.8 Å². The number of hydrogen-bond acceptors (Lipinski definition) is 4. The van der Waals surface area contributed by atoms with Crippen LogP contribution in [0, 0.1) is 0 Å². The van der Waals surface area contributed by atoms with Gasteiger partial charge in [0.05, 0.1) is 0 Å². The maximum Gasteiger partial charge on any atom is 0.162 e. The maximum absolute atomic E-state index is 12.1. The molecule has 2 aromatic carbocycles. The number of fused-ring (bicyclic) bond motifs is 2. The average molecular weight is 314 g/mol. The Balaban J connectivity index is 1.97. The number of Topliss-reactive ketones (excluding diaryl/α,β-unsaturated/α-hetero) is 1. The first-order chi connectivity index (χ1) is 10.6. The van der Waals surface area contributed by atoms with E-state index in [0.29, 0.717) is 12.8 Å². The molecule has 1 heterocycles. The standard InChI is InChI=1S/C18H18O3S/c1-2-3-15(20)11-5-7-17-12(8-11)4-6-14-16(21)9-13(19)10-18(14)22-17/h5,7-10,19,21H,2-4,6H2,1H3. The topological polar surface area (TPSA) is 57.5 Å². The van der Waals surface area contributed by atoms with Gasteiger partial charge < -0.3 is 10.2 Å². The highest BCUT2D eigenvalue weighted by molar-refractivity contribution is 7.99. The molecule has 4 heteroatoms. The van der Waals surface area contributed by atoms with Crippen molar-refractivity contribution in [2.24, 2.45) is 0 Å². The molecule has 3 nitrogen and oxygen atoms in total. The van der Waals surface area contributed by atoms with Gasteiger partial charge in [0.2, 0.25) is 0 Å². The smallest absolute Gasteiger partial charge is 0.162 e. The van der Waals surface area contributed by atoms with Crippen LogP contribution >= 0.6 is 11.8 Å². The van der Waals surface area contributed by atoms with Crippen LogP contribution in [0.4, 0.5) is 0 Å². The molecule has 1 aliphatic rings. The van der Waals surface area contributed by atoms with Crippen LogP contribution in [0.1, 0.15) is 41.3 Å². The number of phenols is 2. The summed E-state index contributed by atoms with van der Waals surface area (Å²) in [6, 6.07) is 8.89. The van der Waals surface area contributed by atoms with Crippen LogP contribution in [-0.4, -0.2) is 16.0 Å². The summed E-state index contributed by atoms with van der Waals surface area (Å²) in [5, 5.41) is 19.7. The number of aryl methyl sites for hydroxylation is 1. The zero-order valence-corrected chi connectivity index (χ0v) is 13.2. The van der Waals surface area contributed by atoms with Gasteiger partial charge in [-0.2, -0.15) is 0 Å². The highest BCUT2D eigenvalue weighted by Gasteiger charge is 2.19. The summed E-state index contributed by atoms with van der Waals surface area (Å²) < 4.78 is 0. The minimum absolute atomic E-state index is 0.0712. The van der Waals surface area contributed by atoms with E-state index in [2.05, 4.69) is 0 Å². The fourth-order valence-electron chi connectivity index (χ4n) is 2.76. The molecule has 0 unspecified atom stereocenters. The summed E-state index contributed by atoms with van der Waals surface area (Å²) in [5.41, 5.74) is 2.75. The third-order valence-corrected chi connectivity index (χ3v) is 5.10. The lowest BCUT2D eigenvalue weighted by Gasteiger charge is -2.08. The van der Waals surface area contributed by atoms with E-state index in [1.54, 1.807) is 6.07 Å². The second kappa shape index (κ2) is 6.05. The fraction of sp³-hybridized carbons (Fsp3) is 0.278. The lowest BCUT2D eigenvalue weighted by molar-refractivity contribution is 0.0981. The summed E-state index contributed by atoms with van der Waals surface area (Å²) in [7, 11) is 0. The van der Waals surface area contributed by atoms with Crippen molar-refractivity contribution in [1.29, 1.82) is 0 Å². The molecular formula is C18H18O3S. The third-order valence-electron chi connectivity index (χ3n) is 3.89. The number of phenolic OH excluding ortho intramolecular Hbond substituents is 2. The molecule has 0 saturated carbocycles. The number of benzene rings is 2. The minimum Gasteiger partial charge on any atom is -0.508 e. The predicted octanol–water partition coefficient (Wildman–Crippen LogP) is 4.33. The highest BCUT2D eigenvalue weighted by atomic mass is 32.2. The Hall–Kier alpha value is -1.94. The van der Waals surface area contributed by atoms with Crippen molar-refractivity contribution in [3.8, 4) is 11.5 Å². The molecular weight excluding hydrogens is 296 g/mol. The number of rotatable bonds is 3. The molecule has 0 atom stereocenters. The molecule has 0 spiro atoms. The van der Waals surface area contributed by atoms with Gasteiger partial charge in [0.1, 0.15) is 11.5 Å². The van der Waals surface area contributed by atoms with Gasteiger partial charge in [0.15, 0.2) is 5.78 Å². The third kappa shape index (κ3) is 2.83. The summed E-state index contributed by atoms with van der Waals surface area (Å²) >= 11 is 1.53. The molecule has 0 fully saturated rings. The molecule has 0 saturated heterocycles. The Kier molecular flexibility index (Phi) is 4.12. The van der Waals surface area contributed by atoms with Crippen molar-refractivity contribution in [2.75, 3.05) is 0 Å². The van der Waals surface area contributed by atoms with E-state index in [1.807, 2.05) is 25.1 Å². The quantitative estimate of drug-likeness (QED) is 0.828. The van der Waals surface area contributed by atoms with E-state index in [0.717, 1.165) is 39.3 Å². The van der Waals surface area contributed by atoms with Gasteiger partial charge in [0, 0.05) is 33.4 Å². The molecule has 0 radical (unpaired) electrons. The first-order valence-corrected chi connectivity index (χ1v) is 8.29. The number of carbonyl (C=O) groups is 1. The second-order valence-corrected chi connectivity index (χ2v) is 6.62. The lowest BCUT2D eigenvalue weighted by atomic mass is 9.99. The van der Waals surface area contributed by atoms with Crippen LogP contribution in [0.2, 0.25) is 0 Å². The Morgan fingerprint density at radius 3 is 2.73 bits per heavy atom. The molecule has 0 amide bonds. The lowest BCUT2D eigenvalue weighted by Crippen LogP contribution is -2.00. The fourth-order valence-corrected chi connectivity index (χ4v) is 3.93. The van der Waals surface area contributed by atoms with Gasteiger partial charge in [-0.1, -0.05) is 24.8 Å². The van der Waals surface area contributed by atoms with E-state index >= 15 is 0 Å². The number of carbonyl (C=O) groups excluding carboxylic acids is 1. The zero-order chi connectivity index (χ0) is 15.7. The van der Waals surface area contributed by atoms with Crippen LogP contribution in [0.5, 0.6) is 11.5 Å². The van der Waals surface area contributed by atoms with Crippen molar-refractivity contribution in [2.45, 2.75) is 42.4 Å². The van der Waals surface area contributed by atoms with Crippen molar-refractivity contribution >= 4 is 17.5 Å². The SMILES string of the molecule is CCCC(=O)c1ccc2c(c1)CCc1c(O)cc(O)cc1S2. The zero-order valence-electron chi connectivity index (χ0n) is 12.4. The molecule has 0 aliphatic carbocycles. The van der Waals surface area contributed by atoms with Gasteiger partial charge >= 0.3 is 0 Å². The van der Waals surface area contributed by atoms with Gasteiger partial charge in [-0.05, 0) is 43.0 Å². The van der Waals surface area contributed by atoms with Crippen molar-refractivity contribution < 1.29 is 15.0 Å². The molecule has 114 valence electrons. The van der Waals surface area contributed by atoms with Gasteiger partial charge in [-0.25, -0.2) is 0 Å². The Morgan fingerprint density at radius 1 is 1.14 bits per heavy atom. The normalized spacial score (nSPS) is 13.1. The van der Waals surface area contributed by atoms with Crippen LogP contribution in [0.25, 0.3) is 0 Å². The molecule has 3 rings (SSSR count). The highest BCUT2D eigenvalue weighted by Crippen LogP contribution is 2.42. The van der Waals surface area contributed by atoms with Gasteiger partial charge in [-0.3, -0.25) is 4.79 Å². The summed E-state index contributed by atoms with van der Waals surface area (Å²) in [4.78, 5) is 14.0. The van der Waals surface area contributed by atoms with E-state index in [1.165, 1.54) is 17.8 Å². The number of aromatic hydroxyl groups is 2. The van der Waals surface area contributed by atoms with E-state index < -0.39 is 0 Å². The Labute approximate surface area is 134 Å². The van der Waals surface area contributed by atoms with Crippen LogP contribution in [0.3, 0.4) is 0 Å². The first-order valence-electron chi connectivity index (χ1n) is 7.47. The number of ketones is 1. The van der Waals surface area contributed by atoms with Crippen LogP contribution < -0.4 is 0 Å². The number of hydrogen-bond donors (Lipinski definition) is 2. The minimum atomic E-state index is 0.0712. The summed E-state index contributed by atoms with van der Waals surface area (Å²) in [6.45, 7) is 2.00. The molecule has 0 bridgehead atoms.